The van der Waals surface area contributed by atoms with Gasteiger partial charge in [-0.2, -0.15) is 14.3 Å². The number of hydrogen-bond donors (Lipinski definition) is 1. The lowest BCUT2D eigenvalue weighted by Gasteiger charge is -2.24. The molecule has 0 fully saturated rings. The maximum atomic E-state index is 13.6. The third-order valence-electron chi connectivity index (χ3n) is 6.00. The van der Waals surface area contributed by atoms with Crippen LogP contribution in [0.5, 0.6) is 0 Å². The van der Waals surface area contributed by atoms with Gasteiger partial charge in [-0.25, -0.2) is 9.18 Å². The first-order chi connectivity index (χ1) is 16.8. The van der Waals surface area contributed by atoms with Gasteiger partial charge in [-0.15, -0.1) is 11.8 Å². The van der Waals surface area contributed by atoms with Crippen LogP contribution in [0.3, 0.4) is 0 Å². The number of urea groups is 1. The van der Waals surface area contributed by atoms with E-state index in [4.69, 9.17) is 11.6 Å². The van der Waals surface area contributed by atoms with Gasteiger partial charge in [0.1, 0.15) is 18.1 Å². The van der Waals surface area contributed by atoms with Crippen molar-refractivity contribution in [2.24, 2.45) is 0 Å². The van der Waals surface area contributed by atoms with Crippen molar-refractivity contribution in [2.75, 3.05) is 11.9 Å². The monoisotopic (exact) mass is 508 g/mol. The van der Waals surface area contributed by atoms with Crippen LogP contribution < -0.4 is 5.32 Å². The molecule has 2 aliphatic heterocycles. The van der Waals surface area contributed by atoms with Gasteiger partial charge >= 0.3 is 11.9 Å². The van der Waals surface area contributed by atoms with Crippen molar-refractivity contribution in [3.63, 3.8) is 0 Å². The molecule has 2 aliphatic rings. The molecule has 5 rings (SSSR count). The molecule has 0 aromatic heterocycles. The zero-order valence-corrected chi connectivity index (χ0v) is 20.2. The molecule has 1 unspecified atom stereocenters. The fraction of sp³-hybridized carbons (Fsp3) is 0.154. The molecule has 0 bridgehead atoms. The van der Waals surface area contributed by atoms with Gasteiger partial charge in [0.05, 0.1) is 0 Å². The second kappa shape index (κ2) is 9.28. The van der Waals surface area contributed by atoms with E-state index in [1.165, 1.54) is 40.6 Å². The number of thioether (sulfide) groups is 1. The lowest BCUT2D eigenvalue weighted by atomic mass is 10.0. The summed E-state index contributed by atoms with van der Waals surface area (Å²) in [6, 6.07) is 17.7. The van der Waals surface area contributed by atoms with Gasteiger partial charge in [-0.3, -0.25) is 4.79 Å². The van der Waals surface area contributed by atoms with Crippen LogP contribution in [0.1, 0.15) is 16.7 Å². The van der Waals surface area contributed by atoms with Crippen LogP contribution in [0.15, 0.2) is 71.6 Å². The van der Waals surface area contributed by atoms with E-state index in [0.717, 1.165) is 15.4 Å². The summed E-state index contributed by atoms with van der Waals surface area (Å²) in [5.41, 5.74) is 3.14. The molecule has 0 saturated carbocycles. The maximum absolute atomic E-state index is 13.6. The predicted octanol–water partition coefficient (Wildman–Crippen LogP) is 4.86. The molecule has 0 radical (unpaired) electrons. The van der Waals surface area contributed by atoms with Crippen LogP contribution >= 0.6 is 23.4 Å². The minimum atomic E-state index is -0.661. The van der Waals surface area contributed by atoms with Gasteiger partial charge in [0.2, 0.25) is 0 Å². The second-order valence-electron chi connectivity index (χ2n) is 8.26. The molecule has 3 aromatic rings. The Morgan fingerprint density at radius 2 is 1.83 bits per heavy atom. The zero-order valence-electron chi connectivity index (χ0n) is 18.6. The number of fused-ring (bicyclic) bond motifs is 3. The highest BCUT2D eigenvalue weighted by Crippen LogP contribution is 2.40. The molecule has 0 aliphatic carbocycles. The third kappa shape index (κ3) is 4.35. The van der Waals surface area contributed by atoms with Crippen molar-refractivity contribution in [3.05, 3.63) is 94.3 Å². The number of carbonyl (C=O) groups is 3. The topological polar surface area (TPSA) is 69.5 Å². The van der Waals surface area contributed by atoms with Crippen LogP contribution in [-0.4, -0.2) is 44.8 Å². The Balaban J connectivity index is 1.51. The lowest BCUT2D eigenvalue weighted by molar-refractivity contribution is -0.426. The van der Waals surface area contributed by atoms with Gasteiger partial charge in [0, 0.05) is 21.2 Å². The van der Waals surface area contributed by atoms with E-state index in [2.05, 4.69) is 5.32 Å². The number of hydrogen-bond acceptors (Lipinski definition) is 4. The van der Waals surface area contributed by atoms with E-state index in [1.807, 2.05) is 24.3 Å². The summed E-state index contributed by atoms with van der Waals surface area (Å²) in [5, 5.41) is 2.68. The number of benzene rings is 3. The SMILES string of the molecule is Cc1c(Cl)cccc1NC(=O)C[N+]1=C2c3ccccc3SC2C(=O)N(Cc2ccc(F)cc2)C1=O. The molecule has 9 heteroatoms. The highest BCUT2D eigenvalue weighted by atomic mass is 35.5. The van der Waals surface area contributed by atoms with Crippen LogP contribution in [0.25, 0.3) is 0 Å². The number of rotatable bonds is 5. The minimum absolute atomic E-state index is 0.0237. The number of halogens is 2. The van der Waals surface area contributed by atoms with Crippen molar-refractivity contribution in [2.45, 2.75) is 23.6 Å². The van der Waals surface area contributed by atoms with Crippen molar-refractivity contribution in [1.82, 2.24) is 4.90 Å². The third-order valence-corrected chi connectivity index (χ3v) is 7.68. The number of carbonyl (C=O) groups excluding carboxylic acids is 3. The summed E-state index contributed by atoms with van der Waals surface area (Å²) >= 11 is 7.53. The molecular formula is C26H20ClFN3O3S+. The summed E-state index contributed by atoms with van der Waals surface area (Å²) in [5.74, 6) is -1.18. The average molecular weight is 509 g/mol. The molecule has 4 amide bonds. The summed E-state index contributed by atoms with van der Waals surface area (Å²) in [4.78, 5) is 42.1. The molecule has 6 nitrogen and oxygen atoms in total. The smallest absolute Gasteiger partial charge is 0.322 e. The summed E-state index contributed by atoms with van der Waals surface area (Å²) in [6.45, 7) is 1.49. The lowest BCUT2D eigenvalue weighted by Crippen LogP contribution is -2.56. The number of nitrogens with one attached hydrogen (secondary N) is 1. The van der Waals surface area contributed by atoms with Gasteiger partial charge in [0.15, 0.2) is 11.8 Å². The Morgan fingerprint density at radius 3 is 2.60 bits per heavy atom. The Kier molecular flexibility index (Phi) is 6.17. The van der Waals surface area contributed by atoms with E-state index >= 15 is 0 Å². The van der Waals surface area contributed by atoms with Crippen LogP contribution in [0, 0.1) is 12.7 Å². The Hall–Kier alpha value is -3.49. The molecule has 176 valence electrons. The molecular weight excluding hydrogens is 489 g/mol. The number of imide groups is 1. The van der Waals surface area contributed by atoms with Crippen LogP contribution in [0.2, 0.25) is 5.02 Å². The zero-order chi connectivity index (χ0) is 24.7. The van der Waals surface area contributed by atoms with Gasteiger partial charge < -0.3 is 5.32 Å². The first-order valence-corrected chi connectivity index (χ1v) is 12.1. The number of nitrogens with zero attached hydrogens (tertiary/aromatic N) is 2. The Morgan fingerprint density at radius 1 is 1.09 bits per heavy atom. The summed E-state index contributed by atoms with van der Waals surface area (Å²) in [7, 11) is 0. The summed E-state index contributed by atoms with van der Waals surface area (Å²) in [6.07, 6.45) is 0. The normalized spacial score (nSPS) is 16.9. The quantitative estimate of drug-likeness (QED) is 0.499. The predicted molar refractivity (Wildman–Crippen MR) is 132 cm³/mol. The number of amides is 4. The fourth-order valence-corrected chi connectivity index (χ4v) is 5.67. The molecule has 1 N–H and O–H groups in total. The van der Waals surface area contributed by atoms with E-state index in [0.29, 0.717) is 27.5 Å². The van der Waals surface area contributed by atoms with Crippen molar-refractivity contribution in [1.29, 1.82) is 0 Å². The van der Waals surface area contributed by atoms with Crippen molar-refractivity contribution < 1.29 is 23.3 Å². The first-order valence-electron chi connectivity index (χ1n) is 10.9. The van der Waals surface area contributed by atoms with Crippen molar-refractivity contribution in [3.8, 4) is 0 Å². The van der Waals surface area contributed by atoms with Gasteiger partial charge in [-0.05, 0) is 54.4 Å². The molecule has 1 atom stereocenters. The minimum Gasteiger partial charge on any atom is -0.322 e. The van der Waals surface area contributed by atoms with Crippen LogP contribution in [-0.2, 0) is 16.1 Å². The fourth-order valence-electron chi connectivity index (χ4n) is 4.19. The number of anilines is 1. The van der Waals surface area contributed by atoms with Gasteiger partial charge in [0.25, 0.3) is 5.91 Å². The highest BCUT2D eigenvalue weighted by molar-refractivity contribution is 8.02. The molecule has 35 heavy (non-hydrogen) atoms. The largest absolute Gasteiger partial charge is 0.501 e. The molecule has 0 saturated heterocycles. The van der Waals surface area contributed by atoms with Crippen molar-refractivity contribution >= 4 is 52.6 Å². The standard InChI is InChI=1S/C26H19ClFN3O3S/c1-15-19(27)6-4-7-20(15)29-22(32)14-30-23-18-5-2-3-8-21(18)35-24(23)25(33)31(26(30)34)13-16-9-11-17(28)12-10-16/h2-12,24H,13-14H2,1H3/p+1. The average Bonchev–Trinajstić information content (AvgIpc) is 3.23. The second-order valence-corrected chi connectivity index (χ2v) is 9.81. The van der Waals surface area contributed by atoms with Gasteiger partial charge in [-0.1, -0.05) is 41.9 Å². The molecule has 2 heterocycles. The molecule has 0 spiro atoms. The van der Waals surface area contributed by atoms with Crippen LogP contribution in [0.4, 0.5) is 14.9 Å². The Bertz CT molecular complexity index is 1410. The first kappa shape index (κ1) is 23.3. The summed E-state index contributed by atoms with van der Waals surface area (Å²) < 4.78 is 14.7. The van der Waals surface area contributed by atoms with E-state index < -0.39 is 23.0 Å². The van der Waals surface area contributed by atoms with E-state index in [-0.39, 0.29) is 19.0 Å². The maximum Gasteiger partial charge on any atom is 0.501 e. The van der Waals surface area contributed by atoms with E-state index in [9.17, 15) is 18.8 Å². The molecule has 3 aromatic carbocycles. The van der Waals surface area contributed by atoms with E-state index in [1.54, 1.807) is 25.1 Å². The Labute approximate surface area is 210 Å². The highest BCUT2D eigenvalue weighted by Gasteiger charge is 2.52.